The summed E-state index contributed by atoms with van der Waals surface area (Å²) in [4.78, 5) is 7.30. The number of ether oxygens (including phenoxy) is 1. The number of aromatic nitrogens is 2. The SMILES string of the molecule is CC(C)CCCOCCNCCCc1ncc[nH]1. The molecule has 0 aliphatic heterocycles. The van der Waals surface area contributed by atoms with E-state index in [9.17, 15) is 0 Å². The molecule has 0 aliphatic rings. The van der Waals surface area contributed by atoms with Crippen LogP contribution in [-0.4, -0.2) is 36.3 Å². The van der Waals surface area contributed by atoms with E-state index in [1.165, 1.54) is 12.8 Å². The molecule has 4 heteroatoms. The maximum Gasteiger partial charge on any atom is 0.106 e. The van der Waals surface area contributed by atoms with Crippen molar-refractivity contribution < 1.29 is 4.74 Å². The van der Waals surface area contributed by atoms with Gasteiger partial charge in [0, 0.05) is 32.0 Å². The number of rotatable bonds is 11. The van der Waals surface area contributed by atoms with Crippen molar-refractivity contribution in [1.29, 1.82) is 0 Å². The van der Waals surface area contributed by atoms with Crippen molar-refractivity contribution >= 4 is 0 Å². The average Bonchev–Trinajstić information content (AvgIpc) is 2.84. The van der Waals surface area contributed by atoms with Gasteiger partial charge >= 0.3 is 0 Å². The molecule has 0 radical (unpaired) electrons. The van der Waals surface area contributed by atoms with Crippen LogP contribution in [0.4, 0.5) is 0 Å². The normalized spacial score (nSPS) is 11.3. The van der Waals surface area contributed by atoms with E-state index in [1.807, 2.05) is 6.20 Å². The smallest absolute Gasteiger partial charge is 0.106 e. The number of hydrogen-bond donors (Lipinski definition) is 2. The quantitative estimate of drug-likeness (QED) is 0.595. The Labute approximate surface area is 111 Å². The minimum atomic E-state index is 0.785. The van der Waals surface area contributed by atoms with E-state index in [4.69, 9.17) is 4.74 Å². The standard InChI is InChI=1S/C14H27N3O/c1-13(2)5-4-11-18-12-10-15-7-3-6-14-16-8-9-17-14/h8-9,13,15H,3-7,10-12H2,1-2H3,(H,16,17). The second-order valence-corrected chi connectivity index (χ2v) is 5.04. The monoisotopic (exact) mass is 253 g/mol. The van der Waals surface area contributed by atoms with Crippen LogP contribution in [0.1, 0.15) is 38.9 Å². The molecule has 0 aliphatic carbocycles. The zero-order valence-electron chi connectivity index (χ0n) is 11.7. The Balaban J connectivity index is 1.76. The van der Waals surface area contributed by atoms with Crippen molar-refractivity contribution in [1.82, 2.24) is 15.3 Å². The van der Waals surface area contributed by atoms with Gasteiger partial charge in [0.15, 0.2) is 0 Å². The lowest BCUT2D eigenvalue weighted by Gasteiger charge is -2.07. The summed E-state index contributed by atoms with van der Waals surface area (Å²) in [5.41, 5.74) is 0. The predicted molar refractivity (Wildman–Crippen MR) is 74.7 cm³/mol. The Bertz CT molecular complexity index is 273. The number of hydrogen-bond acceptors (Lipinski definition) is 3. The van der Waals surface area contributed by atoms with Crippen LogP contribution in [0.15, 0.2) is 12.4 Å². The number of H-pyrrole nitrogens is 1. The predicted octanol–water partition coefficient (Wildman–Crippen LogP) is 2.38. The lowest BCUT2D eigenvalue weighted by molar-refractivity contribution is 0.129. The van der Waals surface area contributed by atoms with E-state index < -0.39 is 0 Å². The molecule has 0 aromatic carbocycles. The second kappa shape index (κ2) is 10.1. The molecule has 0 unspecified atom stereocenters. The third kappa shape index (κ3) is 8.25. The van der Waals surface area contributed by atoms with Gasteiger partial charge in [-0.3, -0.25) is 0 Å². The molecule has 1 aromatic rings. The Morgan fingerprint density at radius 1 is 1.28 bits per heavy atom. The van der Waals surface area contributed by atoms with Gasteiger partial charge in [-0.15, -0.1) is 0 Å². The molecule has 0 saturated carbocycles. The molecule has 0 amide bonds. The van der Waals surface area contributed by atoms with Crippen LogP contribution in [0.5, 0.6) is 0 Å². The first-order valence-corrected chi connectivity index (χ1v) is 7.05. The number of aromatic amines is 1. The fraction of sp³-hybridized carbons (Fsp3) is 0.786. The van der Waals surface area contributed by atoms with Crippen molar-refractivity contribution in [2.24, 2.45) is 5.92 Å². The molecule has 0 spiro atoms. The molecule has 0 bridgehead atoms. The Morgan fingerprint density at radius 3 is 2.89 bits per heavy atom. The van der Waals surface area contributed by atoms with Crippen LogP contribution in [0.2, 0.25) is 0 Å². The maximum absolute atomic E-state index is 5.56. The third-order valence-electron chi connectivity index (χ3n) is 2.82. The largest absolute Gasteiger partial charge is 0.380 e. The molecular weight excluding hydrogens is 226 g/mol. The molecule has 0 saturated heterocycles. The topological polar surface area (TPSA) is 49.9 Å². The molecule has 0 fully saturated rings. The maximum atomic E-state index is 5.56. The summed E-state index contributed by atoms with van der Waals surface area (Å²) in [5, 5.41) is 3.38. The summed E-state index contributed by atoms with van der Waals surface area (Å²) in [5.74, 6) is 1.86. The first-order valence-electron chi connectivity index (χ1n) is 7.05. The van der Waals surface area contributed by atoms with Crippen LogP contribution >= 0.6 is 0 Å². The van der Waals surface area contributed by atoms with Crippen LogP contribution in [-0.2, 0) is 11.2 Å². The summed E-state index contributed by atoms with van der Waals surface area (Å²) >= 11 is 0. The Morgan fingerprint density at radius 2 is 2.17 bits per heavy atom. The zero-order chi connectivity index (χ0) is 13.1. The second-order valence-electron chi connectivity index (χ2n) is 5.04. The number of nitrogens with zero attached hydrogens (tertiary/aromatic N) is 1. The number of nitrogens with one attached hydrogen (secondary N) is 2. The number of imidazole rings is 1. The van der Waals surface area contributed by atoms with Gasteiger partial charge in [-0.05, 0) is 31.7 Å². The lowest BCUT2D eigenvalue weighted by Crippen LogP contribution is -2.21. The first kappa shape index (κ1) is 15.2. The van der Waals surface area contributed by atoms with E-state index in [0.717, 1.165) is 50.9 Å². The van der Waals surface area contributed by atoms with E-state index in [1.54, 1.807) is 6.20 Å². The number of aryl methyl sites for hydroxylation is 1. The highest BCUT2D eigenvalue weighted by atomic mass is 16.5. The molecule has 2 N–H and O–H groups in total. The van der Waals surface area contributed by atoms with Gasteiger partial charge in [0.05, 0.1) is 6.61 Å². The van der Waals surface area contributed by atoms with Crippen molar-refractivity contribution in [2.75, 3.05) is 26.3 Å². The van der Waals surface area contributed by atoms with Crippen molar-refractivity contribution in [3.05, 3.63) is 18.2 Å². The molecule has 1 rings (SSSR count). The molecule has 1 heterocycles. The fourth-order valence-corrected chi connectivity index (χ4v) is 1.78. The van der Waals surface area contributed by atoms with Crippen LogP contribution in [0, 0.1) is 5.92 Å². The van der Waals surface area contributed by atoms with Crippen LogP contribution < -0.4 is 5.32 Å². The highest BCUT2D eigenvalue weighted by molar-refractivity contribution is 4.86. The van der Waals surface area contributed by atoms with Gasteiger partial charge in [0.2, 0.25) is 0 Å². The fourth-order valence-electron chi connectivity index (χ4n) is 1.78. The van der Waals surface area contributed by atoms with E-state index in [2.05, 4.69) is 29.1 Å². The minimum Gasteiger partial charge on any atom is -0.380 e. The molecular formula is C14H27N3O. The van der Waals surface area contributed by atoms with E-state index in [0.29, 0.717) is 0 Å². The van der Waals surface area contributed by atoms with Gasteiger partial charge in [-0.1, -0.05) is 13.8 Å². The summed E-state index contributed by atoms with van der Waals surface area (Å²) in [6.07, 6.45) is 8.23. The van der Waals surface area contributed by atoms with Gasteiger partial charge in [0.1, 0.15) is 5.82 Å². The summed E-state index contributed by atoms with van der Waals surface area (Å²) in [7, 11) is 0. The van der Waals surface area contributed by atoms with Crippen LogP contribution in [0.25, 0.3) is 0 Å². The molecule has 18 heavy (non-hydrogen) atoms. The highest BCUT2D eigenvalue weighted by Gasteiger charge is 1.95. The summed E-state index contributed by atoms with van der Waals surface area (Å²) < 4.78 is 5.56. The van der Waals surface area contributed by atoms with Crippen molar-refractivity contribution in [3.63, 3.8) is 0 Å². The van der Waals surface area contributed by atoms with Crippen molar-refractivity contribution in [2.45, 2.75) is 39.5 Å². The molecule has 1 aromatic heterocycles. The minimum absolute atomic E-state index is 0.785. The van der Waals surface area contributed by atoms with Crippen molar-refractivity contribution in [3.8, 4) is 0 Å². The third-order valence-corrected chi connectivity index (χ3v) is 2.82. The van der Waals surface area contributed by atoms with E-state index >= 15 is 0 Å². The Hall–Kier alpha value is -0.870. The van der Waals surface area contributed by atoms with Gasteiger partial charge in [-0.25, -0.2) is 4.98 Å². The van der Waals surface area contributed by atoms with Crippen LogP contribution in [0.3, 0.4) is 0 Å². The zero-order valence-corrected chi connectivity index (χ0v) is 11.7. The molecule has 4 nitrogen and oxygen atoms in total. The molecule has 104 valence electrons. The van der Waals surface area contributed by atoms with Gasteiger partial charge in [0.25, 0.3) is 0 Å². The summed E-state index contributed by atoms with van der Waals surface area (Å²) in [6, 6.07) is 0. The van der Waals surface area contributed by atoms with E-state index in [-0.39, 0.29) is 0 Å². The van der Waals surface area contributed by atoms with Gasteiger partial charge < -0.3 is 15.0 Å². The first-order chi connectivity index (χ1) is 8.79. The summed E-state index contributed by atoms with van der Waals surface area (Å²) in [6.45, 7) is 8.18. The average molecular weight is 253 g/mol. The van der Waals surface area contributed by atoms with Gasteiger partial charge in [-0.2, -0.15) is 0 Å². The highest BCUT2D eigenvalue weighted by Crippen LogP contribution is 2.02. The Kier molecular flexibility index (Phi) is 8.51. The molecule has 0 atom stereocenters. The lowest BCUT2D eigenvalue weighted by atomic mass is 10.1.